The molecule has 2 aromatic carbocycles. The third-order valence-corrected chi connectivity index (χ3v) is 7.11. The molecule has 1 aromatic heterocycles. The molecule has 1 heterocycles. The first-order valence-corrected chi connectivity index (χ1v) is 10.9. The van der Waals surface area contributed by atoms with Crippen LogP contribution in [0.25, 0.3) is 22.1 Å². The molecule has 3 saturated carbocycles. The van der Waals surface area contributed by atoms with Gasteiger partial charge in [0.25, 0.3) is 5.91 Å². The minimum atomic E-state index is -4.45. The molecule has 5 nitrogen and oxygen atoms in total. The largest absolute Gasteiger partial charge is 0.483 e. The molecular weight excluding hydrogens is 435 g/mol. The summed E-state index contributed by atoms with van der Waals surface area (Å²) >= 11 is 0. The minimum absolute atomic E-state index is 0.0851. The van der Waals surface area contributed by atoms with Gasteiger partial charge in [-0.15, -0.1) is 0 Å². The topological polar surface area (TPSA) is 71.7 Å². The van der Waals surface area contributed by atoms with Crippen LogP contribution in [0.1, 0.15) is 36.7 Å². The van der Waals surface area contributed by atoms with E-state index in [0.29, 0.717) is 22.1 Å². The van der Waals surface area contributed by atoms with Gasteiger partial charge in [0, 0.05) is 28.7 Å². The molecule has 174 valence electrons. The number of carbonyl (C=O) groups is 1. The van der Waals surface area contributed by atoms with Crippen molar-refractivity contribution in [3.63, 3.8) is 0 Å². The normalized spacial score (nSPS) is 24.6. The number of carbonyl (C=O) groups excluding carboxylic acids is 1. The van der Waals surface area contributed by atoms with Crippen molar-refractivity contribution in [1.82, 2.24) is 5.32 Å². The van der Waals surface area contributed by atoms with E-state index < -0.39 is 12.8 Å². The second-order valence-electron chi connectivity index (χ2n) is 9.45. The summed E-state index contributed by atoms with van der Waals surface area (Å²) in [4.78, 5) is 12.9. The number of aliphatic hydroxyl groups excluding tert-OH is 1. The molecule has 8 heteroatoms. The maximum atomic E-state index is 12.9. The Labute approximate surface area is 188 Å². The van der Waals surface area contributed by atoms with Gasteiger partial charge in [-0.25, -0.2) is 0 Å². The van der Waals surface area contributed by atoms with Crippen LogP contribution in [-0.4, -0.2) is 35.9 Å². The maximum Gasteiger partial charge on any atom is 0.422 e. The van der Waals surface area contributed by atoms with E-state index in [1.807, 2.05) is 6.92 Å². The molecule has 0 spiro atoms. The predicted molar refractivity (Wildman–Crippen MR) is 116 cm³/mol. The van der Waals surface area contributed by atoms with E-state index in [1.54, 1.807) is 42.5 Å². The summed E-state index contributed by atoms with van der Waals surface area (Å²) in [6.07, 6.45) is -1.90. The average molecular weight is 459 g/mol. The van der Waals surface area contributed by atoms with Gasteiger partial charge >= 0.3 is 6.18 Å². The highest BCUT2D eigenvalue weighted by Gasteiger charge is 2.70. The number of halogens is 3. The van der Waals surface area contributed by atoms with Gasteiger partial charge in [-0.05, 0) is 42.7 Å². The molecular formula is C25H24F3NO4. The number of alkyl halides is 3. The fourth-order valence-electron chi connectivity index (χ4n) is 5.38. The zero-order valence-electron chi connectivity index (χ0n) is 18.0. The molecule has 0 aliphatic heterocycles. The van der Waals surface area contributed by atoms with Crippen molar-refractivity contribution in [2.24, 2.45) is 11.3 Å². The number of fused-ring (bicyclic) bond motifs is 1. The molecule has 0 saturated heterocycles. The van der Waals surface area contributed by atoms with Crippen LogP contribution in [0.3, 0.4) is 0 Å². The van der Waals surface area contributed by atoms with Crippen LogP contribution < -0.4 is 10.1 Å². The molecule has 0 radical (unpaired) electrons. The number of benzene rings is 2. The quantitative estimate of drug-likeness (QED) is 0.502. The first-order valence-electron chi connectivity index (χ1n) is 10.9. The molecule has 33 heavy (non-hydrogen) atoms. The third kappa shape index (κ3) is 3.76. The smallest absolute Gasteiger partial charge is 0.422 e. The van der Waals surface area contributed by atoms with Crippen molar-refractivity contribution >= 4 is 16.9 Å². The zero-order valence-corrected chi connectivity index (χ0v) is 18.0. The third-order valence-electron chi connectivity index (χ3n) is 7.11. The number of amides is 1. The van der Waals surface area contributed by atoms with E-state index in [1.165, 1.54) is 6.07 Å². The fourth-order valence-corrected chi connectivity index (χ4v) is 5.38. The number of hydrogen-bond acceptors (Lipinski definition) is 4. The van der Waals surface area contributed by atoms with Crippen molar-refractivity contribution in [3.05, 3.63) is 54.3 Å². The highest BCUT2D eigenvalue weighted by atomic mass is 19.4. The van der Waals surface area contributed by atoms with Gasteiger partial charge in [-0.1, -0.05) is 43.3 Å². The monoisotopic (exact) mass is 459 g/mol. The molecule has 3 aromatic rings. The molecule has 3 aliphatic rings. The van der Waals surface area contributed by atoms with Crippen molar-refractivity contribution in [2.75, 3.05) is 13.2 Å². The van der Waals surface area contributed by atoms with Gasteiger partial charge in [-0.2, -0.15) is 13.2 Å². The number of para-hydroxylation sites is 2. The Morgan fingerprint density at radius 2 is 1.85 bits per heavy atom. The Bertz CT molecular complexity index is 1200. The van der Waals surface area contributed by atoms with Crippen molar-refractivity contribution in [3.8, 4) is 16.9 Å². The second kappa shape index (κ2) is 7.52. The van der Waals surface area contributed by atoms with E-state index in [9.17, 15) is 23.1 Å². The number of furan rings is 1. The van der Waals surface area contributed by atoms with E-state index >= 15 is 0 Å². The zero-order chi connectivity index (χ0) is 23.4. The van der Waals surface area contributed by atoms with E-state index in [0.717, 1.165) is 19.3 Å². The molecule has 6 rings (SSSR count). The lowest BCUT2D eigenvalue weighted by molar-refractivity contribution is -0.188. The van der Waals surface area contributed by atoms with E-state index in [2.05, 4.69) is 5.32 Å². The van der Waals surface area contributed by atoms with Gasteiger partial charge in [-0.3, -0.25) is 4.79 Å². The Balaban J connectivity index is 1.39. The Kier molecular flexibility index (Phi) is 4.97. The molecule has 0 unspecified atom stereocenters. The standard InChI is InChI=1S/C25H24F3NO4/c1-15(10-30)23-11-24(12-23,13-23)29-22(31)20-9-16-5-4-7-18(21(16)33-20)17-6-2-3-8-19(17)32-14-25(26,27)28/h2-9,15,30H,10-14H2,1H3,(H,29,31)/t15-,23?,24?/m0/s1. The first kappa shape index (κ1) is 21.8. The SMILES string of the molecule is C[C@@H](CO)C12CC(NC(=O)c3cc4cccc(-c5ccccc5OCC(F)(F)F)c4o3)(C1)C2. The molecule has 2 bridgehead atoms. The highest BCUT2D eigenvalue weighted by Crippen LogP contribution is 2.70. The van der Waals surface area contributed by atoms with Gasteiger partial charge in [0.05, 0.1) is 0 Å². The van der Waals surface area contributed by atoms with Crippen molar-refractivity contribution in [1.29, 1.82) is 0 Å². The molecule has 1 atom stereocenters. The maximum absolute atomic E-state index is 12.9. The summed E-state index contributed by atoms with van der Waals surface area (Å²) in [5, 5.41) is 13.2. The minimum Gasteiger partial charge on any atom is -0.483 e. The van der Waals surface area contributed by atoms with E-state index in [4.69, 9.17) is 9.15 Å². The van der Waals surface area contributed by atoms with Crippen molar-refractivity contribution < 1.29 is 32.2 Å². The van der Waals surface area contributed by atoms with Gasteiger partial charge < -0.3 is 19.6 Å². The Hall–Kier alpha value is -3.00. The van der Waals surface area contributed by atoms with Crippen LogP contribution in [0.5, 0.6) is 5.75 Å². The summed E-state index contributed by atoms with van der Waals surface area (Å²) in [5.74, 6) is 0.135. The lowest BCUT2D eigenvalue weighted by Gasteiger charge is -2.72. The highest BCUT2D eigenvalue weighted by molar-refractivity contribution is 6.01. The summed E-state index contributed by atoms with van der Waals surface area (Å²) < 4.78 is 49.0. The number of hydrogen-bond donors (Lipinski definition) is 2. The molecule has 3 aliphatic carbocycles. The van der Waals surface area contributed by atoms with Gasteiger partial charge in [0.2, 0.25) is 0 Å². The van der Waals surface area contributed by atoms with Crippen LogP contribution in [0, 0.1) is 11.3 Å². The summed E-state index contributed by atoms with van der Waals surface area (Å²) in [5.41, 5.74) is 1.30. The molecule has 1 amide bonds. The van der Waals surface area contributed by atoms with Crippen LogP contribution >= 0.6 is 0 Å². The summed E-state index contributed by atoms with van der Waals surface area (Å²) in [6.45, 7) is 0.775. The lowest BCUT2D eigenvalue weighted by Crippen LogP contribution is -2.76. The second-order valence-corrected chi connectivity index (χ2v) is 9.45. The summed E-state index contributed by atoms with van der Waals surface area (Å²) in [6, 6.07) is 13.4. The number of nitrogens with one attached hydrogen (secondary N) is 1. The first-order chi connectivity index (χ1) is 15.6. The Morgan fingerprint density at radius 1 is 1.15 bits per heavy atom. The summed E-state index contributed by atoms with van der Waals surface area (Å²) in [7, 11) is 0. The lowest BCUT2D eigenvalue weighted by atomic mass is 9.36. The van der Waals surface area contributed by atoms with E-state index in [-0.39, 0.29) is 40.9 Å². The van der Waals surface area contributed by atoms with Crippen LogP contribution in [0.4, 0.5) is 13.2 Å². The number of aliphatic hydroxyl groups is 1. The number of ether oxygens (including phenoxy) is 1. The predicted octanol–water partition coefficient (Wildman–Crippen LogP) is 5.32. The van der Waals surface area contributed by atoms with Crippen LogP contribution in [-0.2, 0) is 0 Å². The van der Waals surface area contributed by atoms with Crippen LogP contribution in [0.15, 0.2) is 52.9 Å². The Morgan fingerprint density at radius 3 is 2.55 bits per heavy atom. The number of rotatable bonds is 7. The van der Waals surface area contributed by atoms with Crippen LogP contribution in [0.2, 0.25) is 0 Å². The fraction of sp³-hybridized carbons (Fsp3) is 0.400. The average Bonchev–Trinajstić information content (AvgIpc) is 3.17. The van der Waals surface area contributed by atoms with Gasteiger partial charge in [0.1, 0.15) is 11.3 Å². The van der Waals surface area contributed by atoms with Gasteiger partial charge in [0.15, 0.2) is 12.4 Å². The molecule has 2 N–H and O–H groups in total. The van der Waals surface area contributed by atoms with Crippen molar-refractivity contribution in [2.45, 2.75) is 37.9 Å². The molecule has 3 fully saturated rings.